The van der Waals surface area contributed by atoms with Crippen LogP contribution in [0.2, 0.25) is 0 Å². The van der Waals surface area contributed by atoms with E-state index in [1.165, 1.54) is 11.2 Å². The lowest BCUT2D eigenvalue weighted by atomic mass is 10.0. The van der Waals surface area contributed by atoms with Gasteiger partial charge in [-0.3, -0.25) is 18.9 Å². The van der Waals surface area contributed by atoms with Crippen molar-refractivity contribution in [3.8, 4) is 0 Å². The lowest BCUT2D eigenvalue weighted by Gasteiger charge is -2.30. The van der Waals surface area contributed by atoms with Gasteiger partial charge >= 0.3 is 0 Å². The highest BCUT2D eigenvalue weighted by atomic mass is 16.5. The first kappa shape index (κ1) is 20.5. The van der Waals surface area contributed by atoms with E-state index in [1.807, 2.05) is 18.2 Å². The normalized spacial score (nSPS) is 21.7. The lowest BCUT2D eigenvalue weighted by molar-refractivity contribution is -0.140. The van der Waals surface area contributed by atoms with Gasteiger partial charge in [0.2, 0.25) is 0 Å². The van der Waals surface area contributed by atoms with Gasteiger partial charge in [0.25, 0.3) is 11.7 Å². The lowest BCUT2D eigenvalue weighted by Crippen LogP contribution is -2.42. The minimum Gasteiger partial charge on any atom is -0.505 e. The summed E-state index contributed by atoms with van der Waals surface area (Å²) in [6.45, 7) is 5.54. The highest BCUT2D eigenvalue weighted by Gasteiger charge is 2.47. The van der Waals surface area contributed by atoms with E-state index < -0.39 is 17.7 Å². The van der Waals surface area contributed by atoms with Crippen molar-refractivity contribution in [1.82, 2.24) is 19.2 Å². The van der Waals surface area contributed by atoms with E-state index >= 15 is 0 Å². The van der Waals surface area contributed by atoms with E-state index in [-0.39, 0.29) is 11.3 Å². The summed E-state index contributed by atoms with van der Waals surface area (Å²) >= 11 is 0. The quantitative estimate of drug-likeness (QED) is 0.371. The maximum Gasteiger partial charge on any atom is 0.295 e. The van der Waals surface area contributed by atoms with Gasteiger partial charge in [0.1, 0.15) is 23.1 Å². The van der Waals surface area contributed by atoms with Gasteiger partial charge in [-0.2, -0.15) is 0 Å². The number of carbonyl (C=O) groups excluding carboxylic acids is 2. The highest BCUT2D eigenvalue weighted by molar-refractivity contribution is 6.46. The summed E-state index contributed by atoms with van der Waals surface area (Å²) in [5.41, 5.74) is 1.61. The van der Waals surface area contributed by atoms with Gasteiger partial charge in [-0.1, -0.05) is 6.07 Å². The summed E-state index contributed by atoms with van der Waals surface area (Å²) in [7, 11) is 0. The number of hydrogen-bond acceptors (Lipinski definition) is 7. The Labute approximate surface area is 184 Å². The summed E-state index contributed by atoms with van der Waals surface area (Å²) < 4.78 is 12.7. The second-order valence-electron chi connectivity index (χ2n) is 7.94. The molecule has 0 bridgehead atoms. The molecule has 3 aromatic rings. The van der Waals surface area contributed by atoms with Crippen LogP contribution >= 0.6 is 0 Å². The Morgan fingerprint density at radius 1 is 1.16 bits per heavy atom. The molecule has 166 valence electrons. The number of aliphatic hydroxyl groups excluding tert-OH is 1. The van der Waals surface area contributed by atoms with Crippen molar-refractivity contribution in [2.75, 3.05) is 39.4 Å². The third kappa shape index (κ3) is 3.39. The molecule has 2 aliphatic rings. The Balaban J connectivity index is 1.57. The fourth-order valence-corrected chi connectivity index (χ4v) is 4.45. The Hall–Kier alpha value is -3.43. The third-order valence-electron chi connectivity index (χ3n) is 6.04. The summed E-state index contributed by atoms with van der Waals surface area (Å²) in [5.74, 6) is -1.20. The SMILES string of the molecule is Cc1nc2ccccn2c1/C(O)=C1\C(=O)C(=O)N(CCN2CCOCC2)C1c1ccco1. The summed E-state index contributed by atoms with van der Waals surface area (Å²) in [4.78, 5) is 34.3. The maximum absolute atomic E-state index is 13.1. The highest BCUT2D eigenvalue weighted by Crippen LogP contribution is 2.40. The summed E-state index contributed by atoms with van der Waals surface area (Å²) in [6, 6.07) is 8.09. The van der Waals surface area contributed by atoms with Crippen LogP contribution in [0.4, 0.5) is 0 Å². The van der Waals surface area contributed by atoms with Crippen LogP contribution < -0.4 is 0 Å². The van der Waals surface area contributed by atoms with Crippen molar-refractivity contribution in [2.45, 2.75) is 13.0 Å². The molecule has 1 unspecified atom stereocenters. The van der Waals surface area contributed by atoms with Crippen molar-refractivity contribution in [1.29, 1.82) is 0 Å². The number of nitrogens with zero attached hydrogens (tertiary/aromatic N) is 4. The van der Waals surface area contributed by atoms with Crippen LogP contribution in [-0.4, -0.2) is 75.4 Å². The number of imidazole rings is 1. The number of carbonyl (C=O) groups is 2. The molecule has 1 N–H and O–H groups in total. The van der Waals surface area contributed by atoms with Gasteiger partial charge in [-0.25, -0.2) is 4.98 Å². The van der Waals surface area contributed by atoms with Crippen LogP contribution in [0.5, 0.6) is 0 Å². The number of morpholine rings is 1. The number of ether oxygens (including phenoxy) is 1. The minimum atomic E-state index is -0.806. The summed E-state index contributed by atoms with van der Waals surface area (Å²) in [6.07, 6.45) is 3.26. The second kappa shape index (κ2) is 8.25. The van der Waals surface area contributed by atoms with E-state index in [0.717, 1.165) is 13.1 Å². The molecule has 32 heavy (non-hydrogen) atoms. The topological polar surface area (TPSA) is 101 Å². The molecule has 3 aromatic heterocycles. The number of fused-ring (bicyclic) bond motifs is 1. The van der Waals surface area contributed by atoms with E-state index in [1.54, 1.807) is 29.7 Å². The zero-order chi connectivity index (χ0) is 22.2. The van der Waals surface area contributed by atoms with E-state index in [2.05, 4.69) is 9.88 Å². The number of ketones is 1. The van der Waals surface area contributed by atoms with Crippen molar-refractivity contribution < 1.29 is 23.8 Å². The van der Waals surface area contributed by atoms with Crippen LogP contribution in [0.25, 0.3) is 11.4 Å². The number of aliphatic hydroxyl groups is 1. The molecule has 9 nitrogen and oxygen atoms in total. The Morgan fingerprint density at radius 3 is 2.72 bits per heavy atom. The number of rotatable bonds is 5. The fourth-order valence-electron chi connectivity index (χ4n) is 4.45. The molecule has 0 radical (unpaired) electrons. The first-order chi connectivity index (χ1) is 15.6. The second-order valence-corrected chi connectivity index (χ2v) is 7.94. The minimum absolute atomic E-state index is 0.0145. The number of likely N-dealkylation sites (tertiary alicyclic amines) is 1. The number of aryl methyl sites for hydroxylation is 1. The number of Topliss-reactive ketones (excluding diaryl/α,β-unsaturated/α-hetero) is 1. The molecule has 1 amide bonds. The maximum atomic E-state index is 13.1. The van der Waals surface area contributed by atoms with Crippen molar-refractivity contribution in [3.05, 3.63) is 65.5 Å². The van der Waals surface area contributed by atoms with Crippen LogP contribution in [0.1, 0.15) is 23.2 Å². The molecule has 5 rings (SSSR count). The Morgan fingerprint density at radius 2 is 1.97 bits per heavy atom. The molecule has 9 heteroatoms. The van der Waals surface area contributed by atoms with Gasteiger partial charge in [0.15, 0.2) is 5.76 Å². The van der Waals surface area contributed by atoms with Crippen LogP contribution in [0, 0.1) is 6.92 Å². The number of furan rings is 1. The molecule has 2 aliphatic heterocycles. The van der Waals surface area contributed by atoms with Gasteiger partial charge in [-0.15, -0.1) is 0 Å². The van der Waals surface area contributed by atoms with E-state index in [4.69, 9.17) is 9.15 Å². The third-order valence-corrected chi connectivity index (χ3v) is 6.04. The molecule has 0 saturated carbocycles. The van der Waals surface area contributed by atoms with E-state index in [0.29, 0.717) is 49.1 Å². The first-order valence-corrected chi connectivity index (χ1v) is 10.6. The Bertz CT molecular complexity index is 1190. The number of amides is 1. The molecule has 2 saturated heterocycles. The zero-order valence-electron chi connectivity index (χ0n) is 17.7. The molecule has 0 aliphatic carbocycles. The first-order valence-electron chi connectivity index (χ1n) is 10.6. The Kier molecular flexibility index (Phi) is 5.28. The number of hydrogen-bond donors (Lipinski definition) is 1. The van der Waals surface area contributed by atoms with Crippen LogP contribution in [0.3, 0.4) is 0 Å². The molecule has 0 spiro atoms. The van der Waals surface area contributed by atoms with Gasteiger partial charge in [0, 0.05) is 32.4 Å². The number of aromatic nitrogens is 2. The fraction of sp³-hybridized carbons (Fsp3) is 0.348. The van der Waals surface area contributed by atoms with Crippen molar-refractivity contribution >= 4 is 23.1 Å². The smallest absolute Gasteiger partial charge is 0.295 e. The van der Waals surface area contributed by atoms with Gasteiger partial charge < -0.3 is 19.2 Å². The largest absolute Gasteiger partial charge is 0.505 e. The molecular weight excluding hydrogens is 412 g/mol. The van der Waals surface area contributed by atoms with Gasteiger partial charge in [-0.05, 0) is 31.2 Å². The average molecular weight is 436 g/mol. The molecular formula is C23H24N4O5. The molecule has 1 atom stereocenters. The van der Waals surface area contributed by atoms with E-state index in [9.17, 15) is 14.7 Å². The summed E-state index contributed by atoms with van der Waals surface area (Å²) in [5, 5.41) is 11.3. The predicted octanol–water partition coefficient (Wildman–Crippen LogP) is 1.99. The van der Waals surface area contributed by atoms with Crippen LogP contribution in [0.15, 0.2) is 52.8 Å². The van der Waals surface area contributed by atoms with Crippen molar-refractivity contribution in [2.24, 2.45) is 0 Å². The number of pyridine rings is 1. The average Bonchev–Trinajstić information content (AvgIpc) is 3.50. The molecule has 2 fully saturated rings. The molecule has 0 aromatic carbocycles. The van der Waals surface area contributed by atoms with Gasteiger partial charge in [0.05, 0.1) is 30.7 Å². The standard InChI is InChI=1S/C23H24N4O5/c1-15-19(26-7-3-2-6-17(26)24-15)21(28)18-20(16-5-4-12-32-16)27(23(30)22(18)29)9-8-25-10-13-31-14-11-25/h2-7,12,20,28H,8-11,13-14H2,1H3/b21-18+. The molecule has 5 heterocycles. The predicted molar refractivity (Wildman–Crippen MR) is 115 cm³/mol. The monoisotopic (exact) mass is 436 g/mol. The van der Waals surface area contributed by atoms with Crippen LogP contribution in [-0.2, 0) is 14.3 Å². The zero-order valence-corrected chi connectivity index (χ0v) is 17.7. The van der Waals surface area contributed by atoms with Crippen molar-refractivity contribution in [3.63, 3.8) is 0 Å².